The molecule has 2 aromatic rings. The average Bonchev–Trinajstić information content (AvgIpc) is 2.48. The molecule has 0 heterocycles. The van der Waals surface area contributed by atoms with Crippen LogP contribution in [-0.4, -0.2) is 10.8 Å². The number of benzene rings is 2. The fraction of sp³-hybridized carbons (Fsp3) is 0. The van der Waals surface area contributed by atoms with E-state index in [9.17, 15) is 14.9 Å². The summed E-state index contributed by atoms with van der Waals surface area (Å²) in [5.74, 6) is -0.415. The quantitative estimate of drug-likeness (QED) is 0.640. The molecule has 0 aromatic heterocycles. The summed E-state index contributed by atoms with van der Waals surface area (Å²) in [6.07, 6.45) is 0. The van der Waals surface area contributed by atoms with Crippen LogP contribution in [0, 0.1) is 10.1 Å². The largest absolute Gasteiger partial charge is 0.284 e. The van der Waals surface area contributed by atoms with Crippen molar-refractivity contribution in [1.29, 1.82) is 0 Å². The molecule has 0 spiro atoms. The summed E-state index contributed by atoms with van der Waals surface area (Å²) in [4.78, 5) is 22.5. The Morgan fingerprint density at radius 3 is 2.25 bits per heavy atom. The van der Waals surface area contributed by atoms with Gasteiger partial charge in [-0.15, -0.1) is 0 Å². The average molecular weight is 309 g/mol. The number of nitro benzene ring substituents is 1. The van der Waals surface area contributed by atoms with Crippen molar-refractivity contribution in [2.24, 2.45) is 4.36 Å². The zero-order valence-corrected chi connectivity index (χ0v) is 11.7. The summed E-state index contributed by atoms with van der Waals surface area (Å²) >= 11 is 0. The van der Waals surface area contributed by atoms with Crippen LogP contribution in [0.3, 0.4) is 0 Å². The van der Waals surface area contributed by atoms with E-state index >= 15 is 0 Å². The van der Waals surface area contributed by atoms with Gasteiger partial charge in [-0.05, 0) is 34.9 Å². The molecule has 0 N–H and O–H groups in total. The van der Waals surface area contributed by atoms with Crippen molar-refractivity contribution in [2.45, 2.75) is 4.90 Å². The van der Waals surface area contributed by atoms with E-state index in [2.05, 4.69) is 4.36 Å². The van der Waals surface area contributed by atoms with Gasteiger partial charge in [-0.2, -0.15) is 4.36 Å². The van der Waals surface area contributed by atoms with Gasteiger partial charge in [0.15, 0.2) is 0 Å². The summed E-state index contributed by atoms with van der Waals surface area (Å²) in [5.41, 5.74) is 0.421. The van der Waals surface area contributed by atoms with Gasteiger partial charge in [-0.25, -0.2) is 0 Å². The van der Waals surface area contributed by atoms with E-state index in [1.807, 2.05) is 0 Å². The standard InChI is InChI=1S/C13H9ClN2O3S/c14-20(12-8-6-11(7-9-12)16(18)19)15-13(17)10-4-2-1-3-5-10/h1-9H. The van der Waals surface area contributed by atoms with Gasteiger partial charge in [0.25, 0.3) is 11.6 Å². The van der Waals surface area contributed by atoms with E-state index in [0.717, 1.165) is 0 Å². The highest BCUT2D eigenvalue weighted by Crippen LogP contribution is 2.18. The SMILES string of the molecule is O=C(N=S(Cl)c1ccc([N+](=O)[O-])cc1)c1ccccc1. The molecule has 0 aliphatic heterocycles. The number of hydrogen-bond acceptors (Lipinski definition) is 3. The molecular formula is C13H9ClN2O3S. The molecule has 0 saturated carbocycles. The van der Waals surface area contributed by atoms with E-state index in [4.69, 9.17) is 10.7 Å². The molecule has 102 valence electrons. The van der Waals surface area contributed by atoms with E-state index in [-0.39, 0.29) is 5.69 Å². The molecular weight excluding hydrogens is 300 g/mol. The fourth-order valence-corrected chi connectivity index (χ4v) is 2.65. The van der Waals surface area contributed by atoms with Crippen LogP contribution in [0.15, 0.2) is 63.9 Å². The van der Waals surface area contributed by atoms with Gasteiger partial charge < -0.3 is 0 Å². The molecule has 0 radical (unpaired) electrons. The summed E-state index contributed by atoms with van der Waals surface area (Å²) in [7, 11) is 4.89. The smallest absolute Gasteiger partial charge is 0.266 e. The normalized spacial score (nSPS) is 12.1. The second-order valence-electron chi connectivity index (χ2n) is 3.75. The van der Waals surface area contributed by atoms with Gasteiger partial charge in [0.05, 0.1) is 4.92 Å². The van der Waals surface area contributed by atoms with Crippen molar-refractivity contribution in [2.75, 3.05) is 0 Å². The summed E-state index contributed by atoms with van der Waals surface area (Å²) in [6, 6.07) is 14.2. The van der Waals surface area contributed by atoms with Crippen LogP contribution in [-0.2, 0) is 9.90 Å². The number of non-ortho nitro benzene ring substituents is 1. The molecule has 20 heavy (non-hydrogen) atoms. The molecule has 5 nitrogen and oxygen atoms in total. The highest BCUT2D eigenvalue weighted by atomic mass is 35.7. The van der Waals surface area contributed by atoms with E-state index in [0.29, 0.717) is 10.5 Å². The Hall–Kier alpha value is -2.05. The van der Waals surface area contributed by atoms with Gasteiger partial charge in [-0.1, -0.05) is 18.2 Å². The maximum atomic E-state index is 11.9. The minimum Gasteiger partial charge on any atom is -0.266 e. The van der Waals surface area contributed by atoms with E-state index < -0.39 is 20.7 Å². The van der Waals surface area contributed by atoms with Gasteiger partial charge in [0, 0.05) is 32.5 Å². The van der Waals surface area contributed by atoms with Crippen molar-refractivity contribution in [3.63, 3.8) is 0 Å². The fourth-order valence-electron chi connectivity index (χ4n) is 1.44. The van der Waals surface area contributed by atoms with Gasteiger partial charge in [0.1, 0.15) is 0 Å². The zero-order chi connectivity index (χ0) is 14.5. The van der Waals surface area contributed by atoms with Crippen LogP contribution >= 0.6 is 10.7 Å². The summed E-state index contributed by atoms with van der Waals surface area (Å²) < 4.78 is 3.88. The monoisotopic (exact) mass is 308 g/mol. The second-order valence-corrected chi connectivity index (χ2v) is 5.76. The molecule has 0 saturated heterocycles. The van der Waals surface area contributed by atoms with Crippen LogP contribution < -0.4 is 0 Å². The van der Waals surface area contributed by atoms with Crippen LogP contribution in [0.4, 0.5) is 5.69 Å². The topological polar surface area (TPSA) is 72.6 Å². The van der Waals surface area contributed by atoms with Crippen LogP contribution in [0.25, 0.3) is 0 Å². The second kappa shape index (κ2) is 6.40. The van der Waals surface area contributed by atoms with Crippen molar-refractivity contribution in [3.8, 4) is 0 Å². The Labute approximate surface area is 122 Å². The lowest BCUT2D eigenvalue weighted by atomic mass is 10.2. The summed E-state index contributed by atoms with van der Waals surface area (Å²) in [5, 5.41) is 10.5. The maximum absolute atomic E-state index is 11.9. The third-order valence-electron chi connectivity index (χ3n) is 2.43. The van der Waals surface area contributed by atoms with Crippen LogP contribution in [0.2, 0.25) is 0 Å². The van der Waals surface area contributed by atoms with Crippen LogP contribution in [0.5, 0.6) is 0 Å². The number of carbonyl (C=O) groups excluding carboxylic acids is 1. The third-order valence-corrected chi connectivity index (χ3v) is 4.15. The molecule has 0 bridgehead atoms. The molecule has 0 aliphatic rings. The predicted molar refractivity (Wildman–Crippen MR) is 77.8 cm³/mol. The Balaban J connectivity index is 2.22. The molecule has 1 unspecified atom stereocenters. The number of rotatable bonds is 3. The first-order valence-corrected chi connectivity index (χ1v) is 7.55. The molecule has 1 amide bonds. The van der Waals surface area contributed by atoms with Gasteiger partial charge >= 0.3 is 0 Å². The Kier molecular flexibility index (Phi) is 4.60. The third kappa shape index (κ3) is 3.49. The van der Waals surface area contributed by atoms with Crippen molar-refractivity contribution in [3.05, 3.63) is 70.3 Å². The molecule has 2 rings (SSSR count). The first kappa shape index (κ1) is 14.4. The molecule has 2 aromatic carbocycles. The van der Waals surface area contributed by atoms with Crippen LogP contribution in [0.1, 0.15) is 10.4 Å². The number of hydrogen-bond donors (Lipinski definition) is 0. The van der Waals surface area contributed by atoms with E-state index in [1.54, 1.807) is 30.3 Å². The first-order valence-electron chi connectivity index (χ1n) is 5.54. The number of nitrogens with zero attached hydrogens (tertiary/aromatic N) is 2. The number of nitro groups is 1. The van der Waals surface area contributed by atoms with Crippen molar-refractivity contribution in [1.82, 2.24) is 0 Å². The lowest BCUT2D eigenvalue weighted by Gasteiger charge is -1.99. The molecule has 0 aliphatic carbocycles. The summed E-state index contributed by atoms with van der Waals surface area (Å²) in [6.45, 7) is 0. The Morgan fingerprint density at radius 1 is 1.10 bits per heavy atom. The maximum Gasteiger partial charge on any atom is 0.284 e. The van der Waals surface area contributed by atoms with E-state index in [1.165, 1.54) is 24.3 Å². The molecule has 7 heteroatoms. The highest BCUT2D eigenvalue weighted by Gasteiger charge is 2.08. The van der Waals surface area contributed by atoms with Gasteiger partial charge in [0.2, 0.25) is 0 Å². The lowest BCUT2D eigenvalue weighted by molar-refractivity contribution is -0.384. The highest BCUT2D eigenvalue weighted by molar-refractivity contribution is 8.10. The van der Waals surface area contributed by atoms with Gasteiger partial charge in [-0.3, -0.25) is 14.9 Å². The van der Waals surface area contributed by atoms with Crippen molar-refractivity contribution >= 4 is 32.2 Å². The Bertz CT molecular complexity index is 672. The zero-order valence-electron chi connectivity index (χ0n) is 10.1. The minimum atomic E-state index is -1.16. The number of carbonyl (C=O) groups is 1. The Morgan fingerprint density at radius 2 is 1.70 bits per heavy atom. The number of halogens is 1. The first-order chi connectivity index (χ1) is 9.58. The molecule has 1 atom stereocenters. The predicted octanol–water partition coefficient (Wildman–Crippen LogP) is 3.75. The minimum absolute atomic E-state index is 0.0307. The van der Waals surface area contributed by atoms with Crippen molar-refractivity contribution < 1.29 is 9.72 Å². The molecule has 0 fully saturated rings. The lowest BCUT2D eigenvalue weighted by Crippen LogP contribution is -1.96. The number of amides is 1.